The Morgan fingerprint density at radius 2 is 1.31 bits per heavy atom. The molecule has 1 spiro atoms. The third-order valence-corrected chi connectivity index (χ3v) is 15.4. The van der Waals surface area contributed by atoms with E-state index >= 15 is 0 Å². The highest BCUT2D eigenvalue weighted by atomic mass is 15.1. The lowest BCUT2D eigenvalue weighted by molar-refractivity contribution is -0.425. The Kier molecular flexibility index (Phi) is 2.29. The third-order valence-electron chi connectivity index (χ3n) is 15.4. The maximum atomic E-state index is 2.84. The van der Waals surface area contributed by atoms with Gasteiger partial charge in [0.2, 0.25) is 0 Å². The van der Waals surface area contributed by atoms with E-state index < -0.39 is 0 Å². The number of hydrogen-bond donors (Lipinski definition) is 0. The van der Waals surface area contributed by atoms with E-state index in [-0.39, 0.29) is 0 Å². The van der Waals surface area contributed by atoms with Gasteiger partial charge in [0.05, 0.1) is 0 Å². The van der Waals surface area contributed by atoms with Crippen LogP contribution in [0.5, 0.6) is 0 Å². The molecule has 6 aliphatic rings. The molecule has 6 saturated carbocycles. The maximum absolute atomic E-state index is 2.84. The Balaban J connectivity index is 1.87. The first-order valence-corrected chi connectivity index (χ1v) is 11.7. The van der Waals surface area contributed by atoms with Gasteiger partial charge in [-0.2, -0.15) is 0 Å². The van der Waals surface area contributed by atoms with E-state index in [1.807, 2.05) is 0 Å². The van der Waals surface area contributed by atoms with Crippen LogP contribution in [0.15, 0.2) is 0 Å². The van der Waals surface area contributed by atoms with Crippen LogP contribution in [0, 0.1) is 79.3 Å². The fourth-order valence-electron chi connectivity index (χ4n) is 14.8. The molecule has 12 unspecified atom stereocenters. The highest BCUT2D eigenvalue weighted by Gasteiger charge is 3.04. The summed E-state index contributed by atoms with van der Waals surface area (Å²) in [5.41, 5.74) is 3.48. The van der Waals surface area contributed by atoms with Crippen LogP contribution in [0.25, 0.3) is 0 Å². The average molecular weight is 355 g/mol. The van der Waals surface area contributed by atoms with E-state index in [2.05, 4.69) is 76.2 Å². The monoisotopic (exact) mass is 354 g/mol. The molecule has 0 aromatic rings. The fourth-order valence-corrected chi connectivity index (χ4v) is 14.8. The Bertz CT molecular complexity index is 762. The Morgan fingerprint density at radius 3 is 1.85 bits per heavy atom. The van der Waals surface area contributed by atoms with Crippen molar-refractivity contribution in [2.24, 2.45) is 79.3 Å². The first-order chi connectivity index (χ1) is 11.7. The lowest BCUT2D eigenvalue weighted by Crippen LogP contribution is -2.85. The topological polar surface area (TPSA) is 0 Å². The van der Waals surface area contributed by atoms with Gasteiger partial charge in [-0.25, -0.2) is 0 Å². The largest absolute Gasteiger partial charge is 0.0622 e. The molecule has 12 atom stereocenters. The molecule has 6 aliphatic carbocycles. The van der Waals surface area contributed by atoms with Crippen LogP contribution in [0.3, 0.4) is 0 Å². The molecule has 0 heteroatoms. The Hall–Kier alpha value is 0. The predicted octanol–water partition coefficient (Wildman–Crippen LogP) is 6.90. The van der Waals surface area contributed by atoms with Crippen molar-refractivity contribution in [3.63, 3.8) is 0 Å². The lowest BCUT2D eigenvalue weighted by Gasteiger charge is -2.89. The van der Waals surface area contributed by atoms with Crippen LogP contribution in [-0.2, 0) is 0 Å². The number of hydrogen-bond acceptors (Lipinski definition) is 0. The Morgan fingerprint density at radius 1 is 0.731 bits per heavy atom. The van der Waals surface area contributed by atoms with Gasteiger partial charge in [0.25, 0.3) is 0 Å². The molecule has 0 aliphatic heterocycles. The summed E-state index contributed by atoms with van der Waals surface area (Å²) in [6.45, 7) is 30.0. The van der Waals surface area contributed by atoms with E-state index in [4.69, 9.17) is 0 Å². The molecule has 0 radical (unpaired) electrons. The Labute approximate surface area is 162 Å². The SMILES string of the molecule is CC1C2C3C4CC5C(C)C46C(C)(C)C3(C)C2(C)C(C)(C(C)C)C6(C)C15C. The van der Waals surface area contributed by atoms with Gasteiger partial charge in [-0.05, 0) is 85.8 Å². The first-order valence-electron chi connectivity index (χ1n) is 11.7. The minimum absolute atomic E-state index is 0.449. The van der Waals surface area contributed by atoms with Crippen LogP contribution in [0.1, 0.15) is 82.6 Å². The van der Waals surface area contributed by atoms with E-state index in [1.54, 1.807) is 6.42 Å². The van der Waals surface area contributed by atoms with Crippen molar-refractivity contribution in [2.75, 3.05) is 0 Å². The maximum Gasteiger partial charge on any atom is -0.0116 e. The minimum Gasteiger partial charge on any atom is -0.0622 e. The second kappa shape index (κ2) is 3.52. The fraction of sp³-hybridized carbons (Fsp3) is 1.00. The molecule has 0 saturated heterocycles. The van der Waals surface area contributed by atoms with Crippen LogP contribution < -0.4 is 0 Å². The van der Waals surface area contributed by atoms with Crippen LogP contribution in [0.2, 0.25) is 0 Å². The van der Waals surface area contributed by atoms with E-state index in [0.29, 0.717) is 37.9 Å². The highest BCUT2D eigenvalue weighted by molar-refractivity contribution is 5.50. The van der Waals surface area contributed by atoms with Crippen molar-refractivity contribution in [2.45, 2.75) is 82.6 Å². The zero-order valence-corrected chi connectivity index (χ0v) is 19.2. The van der Waals surface area contributed by atoms with Crippen LogP contribution in [-0.4, -0.2) is 0 Å². The standard InChI is InChI=1S/C26H42/c1-13(2)22(8)24(10)18-15(4)21(7)16-12-17-19(18)23(24,9)20(5,6)26(17,14(16)3)25(21,22)11/h13-19H,12H2,1-11H3. The molecule has 0 N–H and O–H groups in total. The quantitative estimate of drug-likeness (QED) is 0.480. The molecular formula is C26H42. The smallest absolute Gasteiger partial charge is 0.0116 e. The first kappa shape index (κ1) is 16.9. The summed E-state index contributed by atoms with van der Waals surface area (Å²) in [6, 6.07) is 0. The van der Waals surface area contributed by atoms with Gasteiger partial charge in [-0.1, -0.05) is 76.2 Å². The van der Waals surface area contributed by atoms with Crippen LogP contribution >= 0.6 is 0 Å². The van der Waals surface area contributed by atoms with Gasteiger partial charge >= 0.3 is 0 Å². The van der Waals surface area contributed by atoms with Gasteiger partial charge in [0, 0.05) is 0 Å². The molecular weight excluding hydrogens is 312 g/mol. The lowest BCUT2D eigenvalue weighted by atomic mass is 9.15. The molecule has 0 amide bonds. The van der Waals surface area contributed by atoms with Gasteiger partial charge in [-0.15, -0.1) is 0 Å². The number of fused-ring (bicyclic) bond motifs is 4. The molecule has 0 aromatic heterocycles. The number of rotatable bonds is 1. The summed E-state index contributed by atoms with van der Waals surface area (Å²) in [6.07, 6.45) is 1.56. The van der Waals surface area contributed by atoms with Gasteiger partial charge in [0.15, 0.2) is 0 Å². The third kappa shape index (κ3) is 0.813. The molecule has 26 heavy (non-hydrogen) atoms. The molecule has 0 heterocycles. The molecule has 6 rings (SSSR count). The molecule has 0 nitrogen and oxygen atoms in total. The second-order valence-corrected chi connectivity index (χ2v) is 13.7. The van der Waals surface area contributed by atoms with Crippen LogP contribution in [0.4, 0.5) is 0 Å². The summed E-state index contributed by atoms with van der Waals surface area (Å²) in [7, 11) is 0. The predicted molar refractivity (Wildman–Crippen MR) is 108 cm³/mol. The average Bonchev–Trinajstić information content (AvgIpc) is 2.92. The summed E-state index contributed by atoms with van der Waals surface area (Å²) in [5.74, 6) is 6.50. The zero-order chi connectivity index (χ0) is 19.2. The summed E-state index contributed by atoms with van der Waals surface area (Å²) in [4.78, 5) is 0. The molecule has 146 valence electrons. The highest BCUT2D eigenvalue weighted by Crippen LogP contribution is 3.08. The van der Waals surface area contributed by atoms with Gasteiger partial charge < -0.3 is 0 Å². The summed E-state index contributed by atoms with van der Waals surface area (Å²) in [5, 5.41) is 0. The van der Waals surface area contributed by atoms with Crippen molar-refractivity contribution >= 4 is 0 Å². The second-order valence-electron chi connectivity index (χ2n) is 13.7. The normalized spacial score (nSPS) is 76.2. The van der Waals surface area contributed by atoms with Crippen molar-refractivity contribution < 1.29 is 0 Å². The molecule has 0 aromatic carbocycles. The molecule has 5 bridgehead atoms. The van der Waals surface area contributed by atoms with Crippen molar-refractivity contribution in [3.8, 4) is 0 Å². The van der Waals surface area contributed by atoms with Crippen molar-refractivity contribution in [1.29, 1.82) is 0 Å². The van der Waals surface area contributed by atoms with Gasteiger partial charge in [0.1, 0.15) is 0 Å². The molecule has 6 fully saturated rings. The summed E-state index contributed by atoms with van der Waals surface area (Å²) >= 11 is 0. The van der Waals surface area contributed by atoms with Crippen molar-refractivity contribution in [3.05, 3.63) is 0 Å². The summed E-state index contributed by atoms with van der Waals surface area (Å²) < 4.78 is 0. The van der Waals surface area contributed by atoms with E-state index in [9.17, 15) is 0 Å². The minimum atomic E-state index is 0.449. The van der Waals surface area contributed by atoms with E-state index in [0.717, 1.165) is 41.4 Å². The van der Waals surface area contributed by atoms with E-state index in [1.165, 1.54) is 0 Å². The zero-order valence-electron chi connectivity index (χ0n) is 19.2. The van der Waals surface area contributed by atoms with Gasteiger partial charge in [-0.3, -0.25) is 0 Å². The van der Waals surface area contributed by atoms with Crippen molar-refractivity contribution in [1.82, 2.24) is 0 Å².